The topological polar surface area (TPSA) is 52.6 Å². The standard InChI is InChI=1S/C20H20O4/c1-9-8-13-10(2)14-16(19(22)23-18(14)21)17(20(13,3)24-9)15(11-4-5-11)12-6-7-12/h8,11-12H,4-7H2,1-3H3. The van der Waals surface area contributed by atoms with Gasteiger partial charge in [0.05, 0.1) is 16.9 Å². The van der Waals surface area contributed by atoms with Crippen LogP contribution in [0.25, 0.3) is 0 Å². The van der Waals surface area contributed by atoms with E-state index in [0.717, 1.165) is 22.5 Å². The fraction of sp³-hybridized carbons (Fsp3) is 0.500. The number of hydrogen-bond donors (Lipinski definition) is 0. The van der Waals surface area contributed by atoms with Gasteiger partial charge >= 0.3 is 11.9 Å². The molecule has 0 bridgehead atoms. The van der Waals surface area contributed by atoms with Gasteiger partial charge in [-0.2, -0.15) is 0 Å². The number of allylic oxidation sites excluding steroid dienone is 2. The van der Waals surface area contributed by atoms with Gasteiger partial charge < -0.3 is 9.47 Å². The normalized spacial score (nSPS) is 31.8. The Bertz CT molecular complexity index is 829. The fourth-order valence-corrected chi connectivity index (χ4v) is 4.68. The van der Waals surface area contributed by atoms with E-state index in [-0.39, 0.29) is 0 Å². The number of cyclic esters (lactones) is 2. The molecule has 1 unspecified atom stereocenters. The molecule has 5 rings (SSSR count). The van der Waals surface area contributed by atoms with Crippen molar-refractivity contribution in [1.29, 1.82) is 0 Å². The predicted molar refractivity (Wildman–Crippen MR) is 86.5 cm³/mol. The molecule has 4 heteroatoms. The molecule has 0 spiro atoms. The molecular formula is C20H20O4. The van der Waals surface area contributed by atoms with Crippen molar-refractivity contribution in [2.24, 2.45) is 11.8 Å². The average Bonchev–Trinajstić information content (AvgIpc) is 3.40. The van der Waals surface area contributed by atoms with Crippen LogP contribution >= 0.6 is 0 Å². The molecule has 5 aliphatic rings. The second kappa shape index (κ2) is 4.29. The summed E-state index contributed by atoms with van der Waals surface area (Å²) < 4.78 is 11.3. The number of fused-ring (bicyclic) bond motifs is 1. The minimum absolute atomic E-state index is 0.454. The molecule has 2 saturated carbocycles. The molecule has 0 N–H and O–H groups in total. The van der Waals surface area contributed by atoms with E-state index in [0.29, 0.717) is 23.0 Å². The summed E-state index contributed by atoms with van der Waals surface area (Å²) in [5.74, 6) is 0.883. The summed E-state index contributed by atoms with van der Waals surface area (Å²) in [6.45, 7) is 5.87. The lowest BCUT2D eigenvalue weighted by molar-refractivity contribution is -0.150. The lowest BCUT2D eigenvalue weighted by Gasteiger charge is -2.36. The fourth-order valence-electron chi connectivity index (χ4n) is 4.68. The molecule has 1 atom stereocenters. The van der Waals surface area contributed by atoms with Gasteiger partial charge in [0, 0.05) is 11.1 Å². The smallest absolute Gasteiger partial charge is 0.347 e. The van der Waals surface area contributed by atoms with Gasteiger partial charge in [0.15, 0.2) is 5.60 Å². The molecule has 0 radical (unpaired) electrons. The van der Waals surface area contributed by atoms with Crippen LogP contribution in [0.15, 0.2) is 45.3 Å². The Kier molecular flexibility index (Phi) is 2.55. The first-order chi connectivity index (χ1) is 11.4. The summed E-state index contributed by atoms with van der Waals surface area (Å²) in [6.07, 6.45) is 6.68. The molecule has 124 valence electrons. The van der Waals surface area contributed by atoms with Crippen LogP contribution < -0.4 is 0 Å². The van der Waals surface area contributed by atoms with E-state index in [1.54, 1.807) is 0 Å². The zero-order valence-corrected chi connectivity index (χ0v) is 14.2. The Morgan fingerprint density at radius 2 is 1.62 bits per heavy atom. The summed E-state index contributed by atoms with van der Waals surface area (Å²) in [7, 11) is 0. The molecule has 2 aliphatic heterocycles. The highest BCUT2D eigenvalue weighted by Crippen LogP contribution is 2.58. The van der Waals surface area contributed by atoms with E-state index in [2.05, 4.69) is 0 Å². The summed E-state index contributed by atoms with van der Waals surface area (Å²) >= 11 is 0. The maximum Gasteiger partial charge on any atom is 0.347 e. The van der Waals surface area contributed by atoms with Crippen molar-refractivity contribution in [3.05, 3.63) is 45.3 Å². The van der Waals surface area contributed by atoms with E-state index >= 15 is 0 Å². The van der Waals surface area contributed by atoms with Crippen molar-refractivity contribution < 1.29 is 19.1 Å². The zero-order valence-electron chi connectivity index (χ0n) is 14.2. The van der Waals surface area contributed by atoms with Crippen molar-refractivity contribution >= 4 is 11.9 Å². The molecule has 24 heavy (non-hydrogen) atoms. The quantitative estimate of drug-likeness (QED) is 0.576. The first kappa shape index (κ1) is 14.3. The van der Waals surface area contributed by atoms with E-state index in [1.807, 2.05) is 26.8 Å². The summed E-state index contributed by atoms with van der Waals surface area (Å²) in [4.78, 5) is 24.9. The maximum absolute atomic E-state index is 12.5. The van der Waals surface area contributed by atoms with Crippen LogP contribution in [0.1, 0.15) is 46.5 Å². The van der Waals surface area contributed by atoms with Gasteiger partial charge in [0.1, 0.15) is 0 Å². The molecule has 0 aromatic rings. The van der Waals surface area contributed by atoms with Gasteiger partial charge in [-0.15, -0.1) is 0 Å². The number of carbonyl (C=O) groups excluding carboxylic acids is 2. The van der Waals surface area contributed by atoms with E-state index in [4.69, 9.17) is 9.47 Å². The summed E-state index contributed by atoms with van der Waals surface area (Å²) in [6, 6.07) is 0. The minimum atomic E-state index is -0.669. The van der Waals surface area contributed by atoms with Gasteiger partial charge in [-0.05, 0) is 69.9 Å². The van der Waals surface area contributed by atoms with Crippen molar-refractivity contribution in [2.75, 3.05) is 0 Å². The third-order valence-corrected chi connectivity index (χ3v) is 5.90. The Balaban J connectivity index is 1.86. The van der Waals surface area contributed by atoms with Crippen molar-refractivity contribution in [3.8, 4) is 0 Å². The third kappa shape index (κ3) is 1.69. The highest BCUT2D eigenvalue weighted by atomic mass is 16.6. The molecule has 2 heterocycles. The SMILES string of the molecule is CC1=CC2=C(C)C3=C(C(=O)OC3=O)C(=C(C3CC3)C3CC3)C2(C)O1. The number of rotatable bonds is 2. The summed E-state index contributed by atoms with van der Waals surface area (Å²) in [5.41, 5.74) is 4.36. The Morgan fingerprint density at radius 3 is 2.21 bits per heavy atom. The van der Waals surface area contributed by atoms with E-state index in [1.165, 1.54) is 31.3 Å². The monoisotopic (exact) mass is 324 g/mol. The summed E-state index contributed by atoms with van der Waals surface area (Å²) in [5, 5.41) is 0. The number of carbonyl (C=O) groups is 2. The Hall–Kier alpha value is -2.10. The Labute approximate surface area is 140 Å². The first-order valence-corrected chi connectivity index (χ1v) is 8.76. The number of esters is 2. The van der Waals surface area contributed by atoms with Crippen LogP contribution in [0, 0.1) is 11.8 Å². The molecule has 0 aromatic carbocycles. The van der Waals surface area contributed by atoms with E-state index < -0.39 is 17.5 Å². The van der Waals surface area contributed by atoms with Crippen LogP contribution in [-0.4, -0.2) is 17.5 Å². The molecule has 0 saturated heterocycles. The van der Waals surface area contributed by atoms with Gasteiger partial charge in [-0.1, -0.05) is 5.57 Å². The van der Waals surface area contributed by atoms with Crippen LogP contribution in [0.5, 0.6) is 0 Å². The number of ether oxygens (including phenoxy) is 2. The highest BCUT2D eigenvalue weighted by Gasteiger charge is 2.55. The van der Waals surface area contributed by atoms with Gasteiger partial charge in [-0.3, -0.25) is 0 Å². The van der Waals surface area contributed by atoms with Crippen LogP contribution in [0.2, 0.25) is 0 Å². The zero-order chi connectivity index (χ0) is 16.8. The molecule has 2 fully saturated rings. The van der Waals surface area contributed by atoms with Crippen molar-refractivity contribution in [2.45, 2.75) is 52.1 Å². The van der Waals surface area contributed by atoms with Gasteiger partial charge in [-0.25, -0.2) is 9.59 Å². The lowest BCUT2D eigenvalue weighted by atomic mass is 9.71. The second-order valence-corrected chi connectivity index (χ2v) is 7.73. The molecule has 4 nitrogen and oxygen atoms in total. The van der Waals surface area contributed by atoms with Crippen molar-refractivity contribution in [3.63, 3.8) is 0 Å². The van der Waals surface area contributed by atoms with Crippen LogP contribution in [0.4, 0.5) is 0 Å². The predicted octanol–water partition coefficient (Wildman–Crippen LogP) is 3.51. The molecule has 3 aliphatic carbocycles. The second-order valence-electron chi connectivity index (χ2n) is 7.73. The van der Waals surface area contributed by atoms with Gasteiger partial charge in [0.25, 0.3) is 0 Å². The first-order valence-electron chi connectivity index (χ1n) is 8.76. The molecular weight excluding hydrogens is 304 g/mol. The third-order valence-electron chi connectivity index (χ3n) is 5.90. The average molecular weight is 324 g/mol. The molecule has 0 aromatic heterocycles. The van der Waals surface area contributed by atoms with Crippen molar-refractivity contribution in [1.82, 2.24) is 0 Å². The maximum atomic E-state index is 12.5. The highest BCUT2D eigenvalue weighted by molar-refractivity contribution is 6.18. The molecule has 0 amide bonds. The Morgan fingerprint density at radius 1 is 1.04 bits per heavy atom. The van der Waals surface area contributed by atoms with Crippen LogP contribution in [0.3, 0.4) is 0 Å². The van der Waals surface area contributed by atoms with Gasteiger partial charge in [0.2, 0.25) is 0 Å². The minimum Gasteiger partial charge on any atom is -0.483 e. The largest absolute Gasteiger partial charge is 0.483 e. The van der Waals surface area contributed by atoms with E-state index in [9.17, 15) is 9.59 Å². The lowest BCUT2D eigenvalue weighted by Crippen LogP contribution is -2.36. The number of hydrogen-bond acceptors (Lipinski definition) is 4. The van der Waals surface area contributed by atoms with Crippen LogP contribution in [-0.2, 0) is 19.1 Å².